The van der Waals surface area contributed by atoms with E-state index >= 15 is 0 Å². The maximum atomic E-state index is 13.1. The third kappa shape index (κ3) is 22.6. The molecule has 0 saturated heterocycles. The molecule has 0 aliphatic heterocycles. The van der Waals surface area contributed by atoms with Gasteiger partial charge in [0.1, 0.15) is 5.82 Å². The number of hydrogen-bond acceptors (Lipinski definition) is 14. The Labute approximate surface area is 498 Å². The smallest absolute Gasteiger partial charge is 0.194 e. The molecular weight excluding hydrogens is 1140 g/mol. The predicted molar refractivity (Wildman–Crippen MR) is 322 cm³/mol. The van der Waals surface area contributed by atoms with Gasteiger partial charge in [0.15, 0.2) is 92.1 Å². The summed E-state index contributed by atoms with van der Waals surface area (Å²) in [5.74, 6) is -4.82. The molecule has 7 aromatic rings. The molecule has 83 heavy (non-hydrogen) atoms. The largest absolute Gasteiger partial charge is 0.504 e. The molecule has 0 spiro atoms. The zero-order valence-electron chi connectivity index (χ0n) is 48.7. The third-order valence-electron chi connectivity index (χ3n) is 12.1. The van der Waals surface area contributed by atoms with Gasteiger partial charge in [0.25, 0.3) is 0 Å². The van der Waals surface area contributed by atoms with Crippen LogP contribution in [0, 0.1) is 17.5 Å². The van der Waals surface area contributed by atoms with Crippen LogP contribution in [0.25, 0.3) is 0 Å². The minimum absolute atomic E-state index is 0.00324. The number of phenolic OH excluding ortho intramolecular Hbond substituents is 14. The molecule has 0 aromatic heterocycles. The van der Waals surface area contributed by atoms with Gasteiger partial charge in [0, 0.05) is 17.2 Å². The Balaban J connectivity index is 0.000000484. The lowest BCUT2D eigenvalue weighted by atomic mass is 10.0. The average molecular weight is 1220 g/mol. The van der Waals surface area contributed by atoms with Gasteiger partial charge in [-0.15, -0.1) is 0 Å². The summed E-state index contributed by atoms with van der Waals surface area (Å²) >= 11 is 17.3. The molecule has 0 fully saturated rings. The number of benzene rings is 7. The average Bonchev–Trinajstić information content (AvgIpc) is 3.46. The lowest BCUT2D eigenvalue weighted by Crippen LogP contribution is -1.92. The van der Waals surface area contributed by atoms with Crippen LogP contribution in [0.3, 0.4) is 0 Å². The Kier molecular flexibility index (Phi) is 29.6. The summed E-state index contributed by atoms with van der Waals surface area (Å²) in [5.41, 5.74) is 5.10. The maximum absolute atomic E-state index is 13.1. The SMILES string of the molecule is CC(C)c1cc(O)c(O)c(Cl)c1.CC(C)c1cc(O)c(O)c(F)c1.CC(C)c1cc(O)c(O)cc1Cl.CC(C)c1cc(O)c(O)cc1F.CC(C)c1ccc(O)c(O)c1.CC(C)c1ccc(O)c(O)c1Cl.CC(C)c1ccc(O)c(O)c1F. The van der Waals surface area contributed by atoms with Crippen molar-refractivity contribution in [3.63, 3.8) is 0 Å². The highest BCUT2D eigenvalue weighted by Crippen LogP contribution is 2.40. The van der Waals surface area contributed by atoms with Crippen LogP contribution < -0.4 is 0 Å². The van der Waals surface area contributed by atoms with Gasteiger partial charge in [0.05, 0.1) is 10.0 Å². The van der Waals surface area contributed by atoms with Gasteiger partial charge >= 0.3 is 0 Å². The monoisotopic (exact) mass is 1220 g/mol. The topological polar surface area (TPSA) is 283 Å². The molecule has 0 atom stereocenters. The van der Waals surface area contributed by atoms with Crippen molar-refractivity contribution >= 4 is 34.8 Å². The molecule has 0 amide bonds. The van der Waals surface area contributed by atoms with Crippen LogP contribution in [0.5, 0.6) is 80.5 Å². The van der Waals surface area contributed by atoms with Gasteiger partial charge < -0.3 is 71.5 Å². The normalized spacial score (nSPS) is 10.6. The molecule has 0 radical (unpaired) electrons. The first-order valence-corrected chi connectivity index (χ1v) is 27.2. The van der Waals surface area contributed by atoms with E-state index in [1.54, 1.807) is 24.3 Å². The fraction of sp³-hybridized carbons (Fsp3) is 0.333. The van der Waals surface area contributed by atoms with Gasteiger partial charge in [-0.25, -0.2) is 13.2 Å². The quantitative estimate of drug-likeness (QED) is 0.0661. The lowest BCUT2D eigenvalue weighted by Gasteiger charge is -2.09. The molecule has 7 aromatic carbocycles. The molecule has 0 unspecified atom stereocenters. The fourth-order valence-electron chi connectivity index (χ4n) is 6.83. The molecule has 0 saturated carbocycles. The van der Waals surface area contributed by atoms with E-state index < -0.39 is 46.2 Å². The lowest BCUT2D eigenvalue weighted by molar-refractivity contribution is 0.375. The van der Waals surface area contributed by atoms with Crippen molar-refractivity contribution in [2.24, 2.45) is 0 Å². The highest BCUT2D eigenvalue weighted by Gasteiger charge is 2.16. The number of phenols is 14. The molecule has 0 aliphatic carbocycles. The molecule has 0 heterocycles. The minimum atomic E-state index is -0.779. The number of halogens is 6. The van der Waals surface area contributed by atoms with Crippen molar-refractivity contribution in [2.75, 3.05) is 0 Å². The summed E-state index contributed by atoms with van der Waals surface area (Å²) in [4.78, 5) is 0. The Hall–Kier alpha value is -7.60. The van der Waals surface area contributed by atoms with Crippen LogP contribution in [0.15, 0.2) is 91.0 Å². The molecular formula is C63H78Cl3F3O14. The summed E-state index contributed by atoms with van der Waals surface area (Å²) in [7, 11) is 0. The van der Waals surface area contributed by atoms with Crippen molar-refractivity contribution in [1.82, 2.24) is 0 Å². The van der Waals surface area contributed by atoms with Crippen LogP contribution in [0.4, 0.5) is 13.2 Å². The van der Waals surface area contributed by atoms with E-state index in [9.17, 15) is 23.4 Å². The molecule has 0 bridgehead atoms. The summed E-state index contributed by atoms with van der Waals surface area (Å²) < 4.78 is 38.9. The minimum Gasteiger partial charge on any atom is -0.504 e. The van der Waals surface area contributed by atoms with E-state index in [0.29, 0.717) is 27.6 Å². The van der Waals surface area contributed by atoms with Crippen LogP contribution in [0.2, 0.25) is 15.1 Å². The highest BCUT2D eigenvalue weighted by atomic mass is 35.5. The van der Waals surface area contributed by atoms with E-state index in [4.69, 9.17) is 96.1 Å². The zero-order valence-corrected chi connectivity index (χ0v) is 51.0. The number of aromatic hydroxyl groups is 14. The van der Waals surface area contributed by atoms with Gasteiger partial charge in [-0.1, -0.05) is 150 Å². The van der Waals surface area contributed by atoms with Crippen molar-refractivity contribution in [3.8, 4) is 80.5 Å². The van der Waals surface area contributed by atoms with Gasteiger partial charge in [0.2, 0.25) is 0 Å². The molecule has 0 aliphatic rings. The number of rotatable bonds is 7. The Bertz CT molecular complexity index is 2980. The second kappa shape index (κ2) is 33.5. The Morgan fingerprint density at radius 1 is 0.265 bits per heavy atom. The van der Waals surface area contributed by atoms with Crippen LogP contribution in [-0.2, 0) is 0 Å². The Morgan fingerprint density at radius 3 is 1.07 bits per heavy atom. The van der Waals surface area contributed by atoms with E-state index in [-0.39, 0.29) is 97.3 Å². The summed E-state index contributed by atoms with van der Waals surface area (Å²) in [6.45, 7) is 26.9. The summed E-state index contributed by atoms with van der Waals surface area (Å²) in [6, 6.07) is 21.6. The van der Waals surface area contributed by atoms with Crippen LogP contribution in [0.1, 0.15) is 177 Å². The van der Waals surface area contributed by atoms with Crippen LogP contribution >= 0.6 is 34.8 Å². The van der Waals surface area contributed by atoms with Crippen LogP contribution in [-0.4, -0.2) is 71.5 Å². The van der Waals surface area contributed by atoms with Crippen molar-refractivity contribution in [3.05, 3.63) is 162 Å². The van der Waals surface area contributed by atoms with E-state index in [0.717, 1.165) is 28.3 Å². The van der Waals surface area contributed by atoms with Crippen molar-refractivity contribution in [1.29, 1.82) is 0 Å². The Morgan fingerprint density at radius 2 is 0.639 bits per heavy atom. The second-order valence-electron chi connectivity index (χ2n) is 21.0. The first kappa shape index (κ1) is 73.4. The van der Waals surface area contributed by atoms with Crippen molar-refractivity contribution in [2.45, 2.75) is 138 Å². The molecule has 456 valence electrons. The van der Waals surface area contributed by atoms with Crippen molar-refractivity contribution < 1.29 is 84.7 Å². The molecule has 14 N–H and O–H groups in total. The van der Waals surface area contributed by atoms with Gasteiger partial charge in [-0.3, -0.25) is 0 Å². The van der Waals surface area contributed by atoms with E-state index in [1.807, 2.05) is 96.9 Å². The zero-order chi connectivity index (χ0) is 64.2. The first-order chi connectivity index (χ1) is 38.3. The molecule has 7 rings (SSSR count). The molecule has 20 heteroatoms. The van der Waals surface area contributed by atoms with Gasteiger partial charge in [-0.05, 0) is 141 Å². The fourth-order valence-corrected chi connectivity index (χ4v) is 7.80. The number of hydrogen-bond donors (Lipinski definition) is 14. The second-order valence-corrected chi connectivity index (χ2v) is 22.2. The van der Waals surface area contributed by atoms with Gasteiger partial charge in [-0.2, -0.15) is 0 Å². The summed E-state index contributed by atoms with van der Waals surface area (Å²) in [6.07, 6.45) is 0. The predicted octanol–water partition coefficient (Wildman–Crippen LogP) is 17.9. The highest BCUT2D eigenvalue weighted by molar-refractivity contribution is 6.33. The standard InChI is InChI=1S/3C9H11ClO2.3C9H11FO2.C9H12O2/c1-5(2)6-3-8(11)9(12)4-7(6)10;1-5(2)6-3-7(10)9(12)8(11)4-6;1-5(2)6-3-4-7(11)9(12)8(6)10;1-5(2)6-3-8(11)9(12)4-7(6)10;1-5(2)6-3-7(10)9(12)8(11)4-6;1-5(2)6-3-4-7(11)9(12)8(6)10;1-6(2)7-3-4-8(10)9(11)5-7/h6*3-5,11-12H,1-2H3;3-6,10-11H,1-2H3. The van der Waals surface area contributed by atoms with E-state index in [1.165, 1.54) is 60.7 Å². The third-order valence-corrected chi connectivity index (χ3v) is 13.1. The van der Waals surface area contributed by atoms with E-state index in [2.05, 4.69) is 0 Å². The molecule has 14 nitrogen and oxygen atoms in total. The first-order valence-electron chi connectivity index (χ1n) is 26.0. The summed E-state index contributed by atoms with van der Waals surface area (Å²) in [5, 5.41) is 128. The maximum Gasteiger partial charge on any atom is 0.194 e.